The van der Waals surface area contributed by atoms with Gasteiger partial charge in [-0.05, 0) is 17.7 Å². The first-order valence-electron chi connectivity index (χ1n) is 6.05. The maximum Gasteiger partial charge on any atom is 0.323 e. The number of hydrogen-bond donors (Lipinski definition) is 1. The highest BCUT2D eigenvalue weighted by Crippen LogP contribution is 2.23. The van der Waals surface area contributed by atoms with Crippen LogP contribution in [0.4, 0.5) is 13.2 Å². The van der Waals surface area contributed by atoms with Gasteiger partial charge < -0.3 is 9.84 Å². The number of β-amino-alcohol motifs (C(OH)–C–C–N with tert-alkyl or cyclic N) is 1. The summed E-state index contributed by atoms with van der Waals surface area (Å²) >= 11 is 0. The van der Waals surface area contributed by atoms with Gasteiger partial charge in [-0.25, -0.2) is 13.2 Å². The number of esters is 1. The van der Waals surface area contributed by atoms with Gasteiger partial charge in [0.2, 0.25) is 0 Å². The molecule has 1 aromatic carbocycles. The largest absolute Gasteiger partial charge is 0.468 e. The molecule has 0 bridgehead atoms. The van der Waals surface area contributed by atoms with Gasteiger partial charge in [-0.1, -0.05) is 0 Å². The van der Waals surface area contributed by atoms with Crippen molar-refractivity contribution < 1.29 is 27.8 Å². The molecule has 0 spiro atoms. The first kappa shape index (κ1) is 14.8. The number of halogens is 3. The molecular weight excluding hydrogens is 275 g/mol. The summed E-state index contributed by atoms with van der Waals surface area (Å²) in [5.41, 5.74) is 0.185. The zero-order valence-electron chi connectivity index (χ0n) is 10.8. The fraction of sp³-hybridized carbons (Fsp3) is 0.462. The molecule has 1 heterocycles. The third-order valence-electron chi connectivity index (χ3n) is 3.28. The van der Waals surface area contributed by atoms with Gasteiger partial charge in [0.25, 0.3) is 0 Å². The summed E-state index contributed by atoms with van der Waals surface area (Å²) in [6.07, 6.45) is -0.520. The molecular formula is C13H14F3NO3. The molecule has 1 fully saturated rings. The number of benzene rings is 1. The molecule has 110 valence electrons. The standard InChI is InChI=1S/C13H14F3NO3/c1-20-13(19)11-4-8(18)6-17(11)5-7-2-9(14)12(16)10(15)3-7/h2-3,8,11,18H,4-6H2,1H3/t8-,11-/m1/s1. The summed E-state index contributed by atoms with van der Waals surface area (Å²) in [4.78, 5) is 13.1. The lowest BCUT2D eigenvalue weighted by atomic mass is 10.1. The van der Waals surface area contributed by atoms with Crippen LogP contribution in [0.5, 0.6) is 0 Å². The van der Waals surface area contributed by atoms with Crippen LogP contribution in [0.25, 0.3) is 0 Å². The molecule has 0 aliphatic carbocycles. The highest BCUT2D eigenvalue weighted by atomic mass is 19.2. The highest BCUT2D eigenvalue weighted by molar-refractivity contribution is 5.76. The Kier molecular flexibility index (Phi) is 4.29. The maximum absolute atomic E-state index is 13.1. The van der Waals surface area contributed by atoms with Gasteiger partial charge in [-0.15, -0.1) is 0 Å². The van der Waals surface area contributed by atoms with Crippen LogP contribution in [0.3, 0.4) is 0 Å². The number of likely N-dealkylation sites (tertiary alicyclic amines) is 1. The smallest absolute Gasteiger partial charge is 0.323 e. The summed E-state index contributed by atoms with van der Waals surface area (Å²) in [6, 6.07) is 1.07. The van der Waals surface area contributed by atoms with E-state index in [-0.39, 0.29) is 25.1 Å². The van der Waals surface area contributed by atoms with Crippen molar-refractivity contribution in [1.82, 2.24) is 4.90 Å². The van der Waals surface area contributed by atoms with Crippen LogP contribution < -0.4 is 0 Å². The van der Waals surface area contributed by atoms with Crippen LogP contribution >= 0.6 is 0 Å². The number of hydrogen-bond acceptors (Lipinski definition) is 4. The second-order valence-electron chi connectivity index (χ2n) is 4.73. The van der Waals surface area contributed by atoms with Gasteiger partial charge in [0.05, 0.1) is 13.2 Å². The van der Waals surface area contributed by atoms with Gasteiger partial charge in [0, 0.05) is 19.5 Å². The summed E-state index contributed by atoms with van der Waals surface area (Å²) in [5.74, 6) is -4.62. The van der Waals surface area contributed by atoms with E-state index >= 15 is 0 Å². The SMILES string of the molecule is COC(=O)[C@H]1C[C@@H](O)CN1Cc1cc(F)c(F)c(F)c1. The van der Waals surface area contributed by atoms with E-state index < -0.39 is 35.6 Å². The highest BCUT2D eigenvalue weighted by Gasteiger charge is 2.36. The van der Waals surface area contributed by atoms with Gasteiger partial charge >= 0.3 is 5.97 Å². The van der Waals surface area contributed by atoms with Crippen molar-refractivity contribution in [2.75, 3.05) is 13.7 Å². The minimum atomic E-state index is -1.53. The van der Waals surface area contributed by atoms with E-state index in [9.17, 15) is 23.1 Å². The third kappa shape index (κ3) is 2.94. The van der Waals surface area contributed by atoms with Crippen molar-refractivity contribution in [2.45, 2.75) is 25.1 Å². The Morgan fingerprint density at radius 3 is 2.55 bits per heavy atom. The van der Waals surface area contributed by atoms with E-state index in [2.05, 4.69) is 4.74 Å². The summed E-state index contributed by atoms with van der Waals surface area (Å²) in [6.45, 7) is 0.200. The predicted octanol–water partition coefficient (Wildman–Crippen LogP) is 1.21. The van der Waals surface area contributed by atoms with Crippen molar-refractivity contribution in [3.63, 3.8) is 0 Å². The van der Waals surface area contributed by atoms with E-state index in [0.717, 1.165) is 12.1 Å². The normalized spacial score (nSPS) is 23.1. The molecule has 0 aromatic heterocycles. The Labute approximate surface area is 113 Å². The van der Waals surface area contributed by atoms with Crippen molar-refractivity contribution in [1.29, 1.82) is 0 Å². The molecule has 1 aliphatic rings. The van der Waals surface area contributed by atoms with Gasteiger partial charge in [-0.2, -0.15) is 0 Å². The predicted molar refractivity (Wildman–Crippen MR) is 63.2 cm³/mol. The van der Waals surface area contributed by atoms with E-state index in [1.54, 1.807) is 4.90 Å². The zero-order chi connectivity index (χ0) is 14.9. The molecule has 0 saturated carbocycles. The van der Waals surface area contributed by atoms with Crippen molar-refractivity contribution in [2.24, 2.45) is 0 Å². The topological polar surface area (TPSA) is 49.8 Å². The average molecular weight is 289 g/mol. The lowest BCUT2D eigenvalue weighted by Crippen LogP contribution is -2.36. The zero-order valence-corrected chi connectivity index (χ0v) is 10.8. The molecule has 2 rings (SSSR count). The fourth-order valence-corrected chi connectivity index (χ4v) is 2.37. The van der Waals surface area contributed by atoms with E-state index in [0.29, 0.717) is 0 Å². The van der Waals surface area contributed by atoms with E-state index in [1.807, 2.05) is 0 Å². The van der Waals surface area contributed by atoms with Crippen LogP contribution in [0, 0.1) is 17.5 Å². The second-order valence-corrected chi connectivity index (χ2v) is 4.73. The Morgan fingerprint density at radius 2 is 2.00 bits per heavy atom. The number of rotatable bonds is 3. The lowest BCUT2D eigenvalue weighted by molar-refractivity contribution is -0.146. The molecule has 0 unspecified atom stereocenters. The fourth-order valence-electron chi connectivity index (χ4n) is 2.37. The molecule has 0 amide bonds. The molecule has 7 heteroatoms. The van der Waals surface area contributed by atoms with Crippen molar-refractivity contribution in [3.8, 4) is 0 Å². The number of nitrogens with zero attached hydrogens (tertiary/aromatic N) is 1. The number of methoxy groups -OCH3 is 1. The minimum Gasteiger partial charge on any atom is -0.468 e. The van der Waals surface area contributed by atoms with Crippen LogP contribution in [-0.2, 0) is 16.1 Å². The minimum absolute atomic E-state index is 0.0188. The molecule has 20 heavy (non-hydrogen) atoms. The summed E-state index contributed by atoms with van der Waals surface area (Å²) < 4.78 is 43.8. The third-order valence-corrected chi connectivity index (χ3v) is 3.28. The summed E-state index contributed by atoms with van der Waals surface area (Å²) in [7, 11) is 1.22. The maximum atomic E-state index is 13.1. The average Bonchev–Trinajstić information content (AvgIpc) is 2.75. The molecule has 1 aromatic rings. The lowest BCUT2D eigenvalue weighted by Gasteiger charge is -2.22. The Hall–Kier alpha value is -1.60. The Bertz CT molecular complexity index is 501. The molecule has 1 aliphatic heterocycles. The van der Waals surface area contributed by atoms with Crippen LogP contribution in [0.15, 0.2) is 12.1 Å². The first-order valence-corrected chi connectivity index (χ1v) is 6.05. The van der Waals surface area contributed by atoms with Crippen LogP contribution in [0.2, 0.25) is 0 Å². The Morgan fingerprint density at radius 1 is 1.40 bits per heavy atom. The van der Waals surface area contributed by atoms with Gasteiger partial charge in [-0.3, -0.25) is 9.69 Å². The number of ether oxygens (including phenoxy) is 1. The molecule has 1 N–H and O–H groups in total. The second kappa shape index (κ2) is 5.80. The van der Waals surface area contributed by atoms with Gasteiger partial charge in [0.15, 0.2) is 17.5 Å². The quantitative estimate of drug-likeness (QED) is 0.671. The van der Waals surface area contributed by atoms with E-state index in [1.165, 1.54) is 7.11 Å². The monoisotopic (exact) mass is 289 g/mol. The van der Waals surface area contributed by atoms with E-state index in [4.69, 9.17) is 0 Å². The van der Waals surface area contributed by atoms with Crippen molar-refractivity contribution >= 4 is 5.97 Å². The number of carbonyl (C=O) groups excluding carboxylic acids is 1. The van der Waals surface area contributed by atoms with Crippen LogP contribution in [-0.4, -0.2) is 41.8 Å². The molecule has 1 saturated heterocycles. The molecule has 2 atom stereocenters. The van der Waals surface area contributed by atoms with Gasteiger partial charge in [0.1, 0.15) is 6.04 Å². The Balaban J connectivity index is 2.18. The molecule has 0 radical (unpaired) electrons. The van der Waals surface area contributed by atoms with Crippen molar-refractivity contribution in [3.05, 3.63) is 35.1 Å². The van der Waals surface area contributed by atoms with Crippen LogP contribution in [0.1, 0.15) is 12.0 Å². The number of aliphatic hydroxyl groups is 1. The number of aliphatic hydroxyl groups excluding tert-OH is 1. The first-order chi connectivity index (χ1) is 9.42. The molecule has 4 nitrogen and oxygen atoms in total. The summed E-state index contributed by atoms with van der Waals surface area (Å²) in [5, 5.41) is 9.59. The number of carbonyl (C=O) groups is 1.